The SMILES string of the molecule is CCCNCc1ccc2c(ccn2CCCC(C)C)c1. The van der Waals surface area contributed by atoms with Gasteiger partial charge in [-0.15, -0.1) is 0 Å². The Morgan fingerprint density at radius 2 is 2.05 bits per heavy atom. The summed E-state index contributed by atoms with van der Waals surface area (Å²) in [6, 6.07) is 9.09. The van der Waals surface area contributed by atoms with Gasteiger partial charge in [0.05, 0.1) is 0 Å². The number of aromatic nitrogens is 1. The van der Waals surface area contributed by atoms with Crippen LogP contribution >= 0.6 is 0 Å². The Morgan fingerprint density at radius 1 is 1.20 bits per heavy atom. The Labute approximate surface area is 123 Å². The molecule has 0 aliphatic rings. The zero-order valence-corrected chi connectivity index (χ0v) is 13.2. The molecule has 0 spiro atoms. The second-order valence-corrected chi connectivity index (χ2v) is 6.12. The van der Waals surface area contributed by atoms with E-state index in [0.29, 0.717) is 0 Å². The molecule has 0 amide bonds. The molecule has 2 aromatic rings. The summed E-state index contributed by atoms with van der Waals surface area (Å²) in [5.74, 6) is 0.799. The molecule has 2 nitrogen and oxygen atoms in total. The third-order valence-electron chi connectivity index (χ3n) is 3.77. The van der Waals surface area contributed by atoms with Crippen LogP contribution < -0.4 is 5.32 Å². The third kappa shape index (κ3) is 4.11. The van der Waals surface area contributed by atoms with E-state index in [-0.39, 0.29) is 0 Å². The van der Waals surface area contributed by atoms with E-state index in [0.717, 1.165) is 25.6 Å². The molecule has 2 heteroatoms. The summed E-state index contributed by atoms with van der Waals surface area (Å²) in [7, 11) is 0. The predicted molar refractivity (Wildman–Crippen MR) is 88.0 cm³/mol. The smallest absolute Gasteiger partial charge is 0.0480 e. The van der Waals surface area contributed by atoms with E-state index >= 15 is 0 Å². The minimum Gasteiger partial charge on any atom is -0.347 e. The summed E-state index contributed by atoms with van der Waals surface area (Å²) in [6.07, 6.45) is 5.99. The molecule has 1 heterocycles. The number of fused-ring (bicyclic) bond motifs is 1. The molecule has 0 saturated carbocycles. The van der Waals surface area contributed by atoms with Crippen LogP contribution in [-0.2, 0) is 13.1 Å². The van der Waals surface area contributed by atoms with E-state index in [1.807, 2.05) is 0 Å². The first-order valence-electron chi connectivity index (χ1n) is 7.99. The van der Waals surface area contributed by atoms with Gasteiger partial charge in [-0.1, -0.05) is 26.8 Å². The monoisotopic (exact) mass is 272 g/mol. The van der Waals surface area contributed by atoms with Gasteiger partial charge in [-0.05, 0) is 60.9 Å². The van der Waals surface area contributed by atoms with Crippen LogP contribution in [0.3, 0.4) is 0 Å². The molecule has 1 aromatic heterocycles. The molecular weight excluding hydrogens is 244 g/mol. The first-order chi connectivity index (χ1) is 9.70. The molecule has 0 fully saturated rings. The van der Waals surface area contributed by atoms with E-state index in [4.69, 9.17) is 0 Å². The summed E-state index contributed by atoms with van der Waals surface area (Å²) >= 11 is 0. The molecule has 0 aliphatic carbocycles. The van der Waals surface area contributed by atoms with E-state index < -0.39 is 0 Å². The quantitative estimate of drug-likeness (QED) is 0.696. The van der Waals surface area contributed by atoms with Crippen molar-refractivity contribution in [2.24, 2.45) is 5.92 Å². The van der Waals surface area contributed by atoms with Gasteiger partial charge in [-0.25, -0.2) is 0 Å². The summed E-state index contributed by atoms with van der Waals surface area (Å²) in [5, 5.41) is 4.83. The number of rotatable bonds is 8. The maximum atomic E-state index is 3.46. The van der Waals surface area contributed by atoms with Crippen LogP contribution in [-0.4, -0.2) is 11.1 Å². The van der Waals surface area contributed by atoms with Crippen LogP contribution in [0.2, 0.25) is 0 Å². The Bertz CT molecular complexity index is 525. The van der Waals surface area contributed by atoms with Crippen molar-refractivity contribution in [2.75, 3.05) is 6.54 Å². The molecule has 1 aromatic carbocycles. The van der Waals surface area contributed by atoms with Crippen LogP contribution in [0.15, 0.2) is 30.5 Å². The molecule has 0 aliphatic heterocycles. The van der Waals surface area contributed by atoms with Crippen molar-refractivity contribution in [1.82, 2.24) is 9.88 Å². The minimum atomic E-state index is 0.799. The lowest BCUT2D eigenvalue weighted by Gasteiger charge is -2.08. The first kappa shape index (κ1) is 15.1. The normalized spacial score (nSPS) is 11.6. The molecule has 2 rings (SSSR count). The van der Waals surface area contributed by atoms with Gasteiger partial charge in [0.15, 0.2) is 0 Å². The zero-order valence-electron chi connectivity index (χ0n) is 13.2. The van der Waals surface area contributed by atoms with Gasteiger partial charge in [0.2, 0.25) is 0 Å². The van der Waals surface area contributed by atoms with Crippen molar-refractivity contribution >= 4 is 10.9 Å². The molecule has 110 valence electrons. The van der Waals surface area contributed by atoms with Crippen LogP contribution in [0.25, 0.3) is 10.9 Å². The topological polar surface area (TPSA) is 17.0 Å². The second kappa shape index (κ2) is 7.49. The fourth-order valence-corrected chi connectivity index (χ4v) is 2.63. The van der Waals surface area contributed by atoms with Gasteiger partial charge in [-0.2, -0.15) is 0 Å². The Balaban J connectivity index is 2.00. The van der Waals surface area contributed by atoms with Crippen LogP contribution in [0.4, 0.5) is 0 Å². The van der Waals surface area contributed by atoms with Gasteiger partial charge in [0.1, 0.15) is 0 Å². The van der Waals surface area contributed by atoms with Crippen LogP contribution in [0.5, 0.6) is 0 Å². The summed E-state index contributed by atoms with van der Waals surface area (Å²) in [6.45, 7) is 9.99. The Morgan fingerprint density at radius 3 is 2.80 bits per heavy atom. The number of hydrogen-bond acceptors (Lipinski definition) is 1. The highest BCUT2D eigenvalue weighted by Gasteiger charge is 2.03. The van der Waals surface area contributed by atoms with Crippen LogP contribution in [0, 0.1) is 5.92 Å². The predicted octanol–water partition coefficient (Wildman–Crippen LogP) is 4.58. The summed E-state index contributed by atoms with van der Waals surface area (Å²) in [5.41, 5.74) is 2.75. The highest BCUT2D eigenvalue weighted by Crippen LogP contribution is 2.19. The van der Waals surface area contributed by atoms with E-state index in [1.54, 1.807) is 0 Å². The fourth-order valence-electron chi connectivity index (χ4n) is 2.63. The molecule has 0 saturated heterocycles. The number of nitrogens with zero attached hydrogens (tertiary/aromatic N) is 1. The average Bonchev–Trinajstić information content (AvgIpc) is 2.81. The van der Waals surface area contributed by atoms with Crippen molar-refractivity contribution in [3.8, 4) is 0 Å². The highest BCUT2D eigenvalue weighted by molar-refractivity contribution is 5.80. The standard InChI is InChI=1S/C18H28N2/c1-4-10-19-14-16-7-8-18-17(13-16)9-12-20(18)11-5-6-15(2)3/h7-9,12-13,15,19H,4-6,10-11,14H2,1-3H3. The number of aryl methyl sites for hydroxylation is 1. The largest absolute Gasteiger partial charge is 0.347 e. The van der Waals surface area contributed by atoms with E-state index in [1.165, 1.54) is 35.7 Å². The Kier molecular flexibility index (Phi) is 5.66. The van der Waals surface area contributed by atoms with Gasteiger partial charge in [0.25, 0.3) is 0 Å². The van der Waals surface area contributed by atoms with Gasteiger partial charge in [-0.3, -0.25) is 0 Å². The Hall–Kier alpha value is -1.28. The molecule has 20 heavy (non-hydrogen) atoms. The van der Waals surface area contributed by atoms with Crippen molar-refractivity contribution in [3.05, 3.63) is 36.0 Å². The van der Waals surface area contributed by atoms with E-state index in [9.17, 15) is 0 Å². The molecule has 0 atom stereocenters. The first-order valence-corrected chi connectivity index (χ1v) is 7.99. The minimum absolute atomic E-state index is 0.799. The molecule has 0 unspecified atom stereocenters. The maximum absolute atomic E-state index is 3.46. The third-order valence-corrected chi connectivity index (χ3v) is 3.77. The van der Waals surface area contributed by atoms with Gasteiger partial charge in [0, 0.05) is 24.8 Å². The lowest BCUT2D eigenvalue weighted by Crippen LogP contribution is -2.13. The summed E-state index contributed by atoms with van der Waals surface area (Å²) in [4.78, 5) is 0. The van der Waals surface area contributed by atoms with Crippen molar-refractivity contribution in [1.29, 1.82) is 0 Å². The number of hydrogen-bond donors (Lipinski definition) is 1. The van der Waals surface area contributed by atoms with E-state index in [2.05, 4.69) is 61.1 Å². The van der Waals surface area contributed by atoms with Crippen molar-refractivity contribution in [3.63, 3.8) is 0 Å². The lowest BCUT2D eigenvalue weighted by molar-refractivity contribution is 0.518. The number of benzene rings is 1. The summed E-state index contributed by atoms with van der Waals surface area (Å²) < 4.78 is 2.39. The molecule has 0 radical (unpaired) electrons. The zero-order chi connectivity index (χ0) is 14.4. The van der Waals surface area contributed by atoms with Crippen LogP contribution in [0.1, 0.15) is 45.6 Å². The van der Waals surface area contributed by atoms with Crippen molar-refractivity contribution in [2.45, 2.75) is 53.1 Å². The maximum Gasteiger partial charge on any atom is 0.0480 e. The molecule has 0 bridgehead atoms. The van der Waals surface area contributed by atoms with Crippen molar-refractivity contribution < 1.29 is 0 Å². The average molecular weight is 272 g/mol. The molecular formula is C18H28N2. The fraction of sp³-hybridized carbons (Fsp3) is 0.556. The lowest BCUT2D eigenvalue weighted by atomic mass is 10.1. The van der Waals surface area contributed by atoms with Gasteiger partial charge >= 0.3 is 0 Å². The number of nitrogens with one attached hydrogen (secondary N) is 1. The molecule has 1 N–H and O–H groups in total. The van der Waals surface area contributed by atoms with Gasteiger partial charge < -0.3 is 9.88 Å². The highest BCUT2D eigenvalue weighted by atomic mass is 14.9. The second-order valence-electron chi connectivity index (χ2n) is 6.12.